The highest BCUT2D eigenvalue weighted by Crippen LogP contribution is 2.47. The van der Waals surface area contributed by atoms with Crippen molar-refractivity contribution < 1.29 is 0 Å². The highest BCUT2D eigenvalue weighted by molar-refractivity contribution is 8.00. The number of para-hydroxylation sites is 8. The fourth-order valence-corrected chi connectivity index (χ4v) is 15.4. The number of fused-ring (bicyclic) bond motifs is 14. The molecule has 17 rings (SSSR count). The number of benzene rings is 10. The van der Waals surface area contributed by atoms with E-state index in [2.05, 4.69) is 256 Å². The van der Waals surface area contributed by atoms with Gasteiger partial charge < -0.3 is 18.9 Å². The van der Waals surface area contributed by atoms with E-state index in [1.165, 1.54) is 108 Å². The summed E-state index contributed by atoms with van der Waals surface area (Å²) in [7, 11) is 0. The van der Waals surface area contributed by atoms with Crippen LogP contribution in [0.4, 0.5) is 34.1 Å². The SMILES string of the molecule is c1ccc(N2c3ccccc3B3c4cc5c(nc4Sc4cc(-n6c7ccccc7c7ccccc76)cc2c43)B2c3ccccc3N(c3ccccc3)c3cc(-n4c6ccccc6c6ccccc64)cc(c32)S5)cc1. The van der Waals surface area contributed by atoms with Crippen molar-refractivity contribution in [1.29, 1.82) is 0 Å². The molecule has 0 saturated heterocycles. The number of anilines is 6. The van der Waals surface area contributed by atoms with Gasteiger partial charge in [0.15, 0.2) is 0 Å². The molecule has 0 unspecified atom stereocenters. The topological polar surface area (TPSA) is 29.2 Å². The minimum atomic E-state index is -0.0846. The minimum Gasteiger partial charge on any atom is -0.311 e. The maximum Gasteiger partial charge on any atom is 0.272 e. The first-order chi connectivity index (χ1) is 36.7. The van der Waals surface area contributed by atoms with Crippen LogP contribution >= 0.6 is 23.5 Å². The Kier molecular flexibility index (Phi) is 8.54. The van der Waals surface area contributed by atoms with Crippen LogP contribution in [0.2, 0.25) is 0 Å². The zero-order chi connectivity index (χ0) is 48.2. The molecule has 13 aromatic rings. The van der Waals surface area contributed by atoms with Crippen LogP contribution in [0, 0.1) is 0 Å². The number of aromatic nitrogens is 3. The van der Waals surface area contributed by atoms with Crippen molar-refractivity contribution in [3.63, 3.8) is 0 Å². The molecule has 5 nitrogen and oxygen atoms in total. The first kappa shape index (κ1) is 40.9. The van der Waals surface area contributed by atoms with Gasteiger partial charge in [0.05, 0.1) is 27.1 Å². The molecule has 4 aliphatic heterocycles. The summed E-state index contributed by atoms with van der Waals surface area (Å²) in [5.74, 6) is 0. The van der Waals surface area contributed by atoms with E-state index in [4.69, 9.17) is 4.98 Å². The lowest BCUT2D eigenvalue weighted by atomic mass is 9.34. The van der Waals surface area contributed by atoms with Gasteiger partial charge in [-0.3, -0.25) is 4.98 Å². The Labute approximate surface area is 436 Å². The zero-order valence-corrected chi connectivity index (χ0v) is 41.4. The van der Waals surface area contributed by atoms with Gasteiger partial charge in [0.2, 0.25) is 0 Å². The van der Waals surface area contributed by atoms with Gasteiger partial charge >= 0.3 is 0 Å². The molecule has 0 radical (unpaired) electrons. The lowest BCUT2D eigenvalue weighted by molar-refractivity contribution is 1.12. The van der Waals surface area contributed by atoms with E-state index < -0.39 is 0 Å². The molecule has 74 heavy (non-hydrogen) atoms. The molecule has 0 bridgehead atoms. The van der Waals surface area contributed by atoms with E-state index in [0.717, 1.165) is 33.4 Å². The van der Waals surface area contributed by atoms with Crippen LogP contribution in [-0.4, -0.2) is 27.5 Å². The molecule has 0 aliphatic carbocycles. The first-order valence-corrected chi connectivity index (χ1v) is 27.0. The van der Waals surface area contributed by atoms with Crippen LogP contribution < -0.4 is 42.7 Å². The fraction of sp³-hybridized carbons (Fsp3) is 0. The largest absolute Gasteiger partial charge is 0.311 e. The Hall–Kier alpha value is -8.62. The standard InChI is InChI=1S/C65H39B2N5S2/c1-3-19-40(20-4-1)69-55-33-17-11-27-48(55)66-50-39-61-64(68-65(50)74-60-38-43(35-57(69)62(60)66)72-53-31-15-9-25-46(53)47-26-10-16-32-54(47)72)67-49-28-12-18-34-56(49)70(41-21-5-2-6-22-41)58-36-42(37-59(73-61)63(58)67)71-51-29-13-7-23-44(51)45-24-8-14-30-52(45)71/h1-39H. The Morgan fingerprint density at radius 3 is 1.22 bits per heavy atom. The summed E-state index contributed by atoms with van der Waals surface area (Å²) in [6.45, 7) is -0.121. The first-order valence-electron chi connectivity index (χ1n) is 25.4. The summed E-state index contributed by atoms with van der Waals surface area (Å²) in [6, 6.07) is 87.6. The maximum absolute atomic E-state index is 6.02. The van der Waals surface area contributed by atoms with Gasteiger partial charge in [-0.05, 0) is 118 Å². The Morgan fingerprint density at radius 2 is 0.716 bits per heavy atom. The van der Waals surface area contributed by atoms with Crippen LogP contribution in [0.15, 0.2) is 256 Å². The predicted octanol–water partition coefficient (Wildman–Crippen LogP) is 12.8. The third-order valence-electron chi connectivity index (χ3n) is 16.0. The monoisotopic (exact) mass is 975 g/mol. The van der Waals surface area contributed by atoms with Gasteiger partial charge in [0.1, 0.15) is 0 Å². The molecule has 0 saturated carbocycles. The van der Waals surface area contributed by atoms with Crippen LogP contribution in [0.5, 0.6) is 0 Å². The summed E-state index contributed by atoms with van der Waals surface area (Å²) in [6.07, 6.45) is 0. The summed E-state index contributed by atoms with van der Waals surface area (Å²) in [5, 5.41) is 6.09. The van der Waals surface area contributed by atoms with Crippen molar-refractivity contribution in [3.8, 4) is 11.4 Å². The van der Waals surface area contributed by atoms with Gasteiger partial charge in [0, 0.05) is 87.3 Å². The highest BCUT2D eigenvalue weighted by atomic mass is 32.2. The van der Waals surface area contributed by atoms with Crippen LogP contribution in [0.25, 0.3) is 55.0 Å². The molecule has 0 amide bonds. The summed E-state index contributed by atoms with van der Waals surface area (Å²) < 4.78 is 4.94. The van der Waals surface area contributed by atoms with Gasteiger partial charge in [0.25, 0.3) is 13.4 Å². The van der Waals surface area contributed by atoms with Gasteiger partial charge in [-0.15, -0.1) is 0 Å². The molecule has 3 aromatic heterocycles. The van der Waals surface area contributed by atoms with E-state index in [1.807, 2.05) is 23.5 Å². The minimum absolute atomic E-state index is 0.0360. The molecular weight excluding hydrogens is 937 g/mol. The molecule has 0 atom stereocenters. The number of pyridine rings is 1. The van der Waals surface area contributed by atoms with Crippen molar-refractivity contribution in [1.82, 2.24) is 14.1 Å². The third kappa shape index (κ3) is 5.63. The number of rotatable bonds is 4. The van der Waals surface area contributed by atoms with Crippen molar-refractivity contribution in [2.75, 3.05) is 9.80 Å². The van der Waals surface area contributed by atoms with Gasteiger partial charge in [-0.1, -0.05) is 169 Å². The predicted molar refractivity (Wildman–Crippen MR) is 313 cm³/mol. The van der Waals surface area contributed by atoms with E-state index in [9.17, 15) is 0 Å². The fourth-order valence-electron chi connectivity index (χ4n) is 13.0. The second-order valence-electron chi connectivity index (χ2n) is 19.8. The summed E-state index contributed by atoms with van der Waals surface area (Å²) in [5.41, 5.74) is 21.7. The van der Waals surface area contributed by atoms with Crippen molar-refractivity contribution in [2.45, 2.75) is 19.7 Å². The van der Waals surface area contributed by atoms with E-state index in [0.29, 0.717) is 0 Å². The molecule has 9 heteroatoms. The average molecular weight is 976 g/mol. The molecule has 10 aromatic carbocycles. The quantitative estimate of drug-likeness (QED) is 0.164. The lowest BCUT2D eigenvalue weighted by Gasteiger charge is -2.42. The number of hydrogen-bond donors (Lipinski definition) is 0. The molecule has 7 heterocycles. The second-order valence-corrected chi connectivity index (χ2v) is 21.9. The number of hydrogen-bond acceptors (Lipinski definition) is 5. The summed E-state index contributed by atoms with van der Waals surface area (Å²) in [4.78, 5) is 14.7. The van der Waals surface area contributed by atoms with Gasteiger partial charge in [-0.2, -0.15) is 0 Å². The number of nitrogens with zero attached hydrogens (tertiary/aromatic N) is 5. The molecule has 0 spiro atoms. The molecule has 4 aliphatic rings. The van der Waals surface area contributed by atoms with Crippen LogP contribution in [0.1, 0.15) is 0 Å². The maximum atomic E-state index is 6.02. The lowest BCUT2D eigenvalue weighted by Crippen LogP contribution is -2.63. The van der Waals surface area contributed by atoms with Crippen molar-refractivity contribution >= 4 is 148 Å². The van der Waals surface area contributed by atoms with Crippen molar-refractivity contribution in [3.05, 3.63) is 237 Å². The normalized spacial score (nSPS) is 13.7. The smallest absolute Gasteiger partial charge is 0.272 e. The summed E-state index contributed by atoms with van der Waals surface area (Å²) >= 11 is 3.73. The molecule has 0 fully saturated rings. The van der Waals surface area contributed by atoms with Crippen LogP contribution in [-0.2, 0) is 0 Å². The molecule has 342 valence electrons. The average Bonchev–Trinajstić information content (AvgIpc) is 3.98. The van der Waals surface area contributed by atoms with Gasteiger partial charge in [-0.25, -0.2) is 0 Å². The van der Waals surface area contributed by atoms with E-state index in [-0.39, 0.29) is 13.4 Å². The van der Waals surface area contributed by atoms with Crippen molar-refractivity contribution in [2.24, 2.45) is 0 Å². The Morgan fingerprint density at radius 1 is 0.311 bits per heavy atom. The second kappa shape index (κ2) is 15.4. The Bertz CT molecular complexity index is 4150. The highest BCUT2D eigenvalue weighted by Gasteiger charge is 2.46. The molecule has 0 N–H and O–H groups in total. The van der Waals surface area contributed by atoms with E-state index in [1.54, 1.807) is 0 Å². The zero-order valence-electron chi connectivity index (χ0n) is 39.7. The van der Waals surface area contributed by atoms with E-state index >= 15 is 0 Å². The molecular formula is C65H39B2N5S2. The third-order valence-corrected chi connectivity index (χ3v) is 18.2. The Balaban J connectivity index is 0.921. The van der Waals surface area contributed by atoms with Crippen LogP contribution in [0.3, 0.4) is 0 Å².